The molecular formula is C13H9NO2. The van der Waals surface area contributed by atoms with Gasteiger partial charge >= 0.3 is 0 Å². The molecule has 1 aliphatic rings. The molecule has 0 N–H and O–H groups in total. The third-order valence-corrected chi connectivity index (χ3v) is 2.69. The number of carbonyl (C=O) groups excluding carboxylic acids is 1. The molecule has 0 unspecified atom stereocenters. The first-order chi connectivity index (χ1) is 7.90. The minimum Gasteiger partial charge on any atom is -0.487 e. The first kappa shape index (κ1) is 9.09. The summed E-state index contributed by atoms with van der Waals surface area (Å²) in [5.41, 5.74) is 3.44. The highest BCUT2D eigenvalue weighted by Gasteiger charge is 2.20. The van der Waals surface area contributed by atoms with E-state index < -0.39 is 0 Å². The topological polar surface area (TPSA) is 39.2 Å². The van der Waals surface area contributed by atoms with Gasteiger partial charge in [-0.15, -0.1) is 0 Å². The van der Waals surface area contributed by atoms with Crippen LogP contribution in [0, 0.1) is 0 Å². The lowest BCUT2D eigenvalue weighted by Gasteiger charge is -2.20. The molecule has 1 aromatic carbocycles. The number of pyridine rings is 1. The Morgan fingerprint density at radius 1 is 1.25 bits per heavy atom. The molecule has 16 heavy (non-hydrogen) atoms. The number of aldehydes is 1. The summed E-state index contributed by atoms with van der Waals surface area (Å²) in [6.45, 7) is 0.473. The Kier molecular flexibility index (Phi) is 1.96. The van der Waals surface area contributed by atoms with Crippen LogP contribution in [0.15, 0.2) is 36.5 Å². The van der Waals surface area contributed by atoms with Crippen LogP contribution in [-0.4, -0.2) is 11.3 Å². The molecule has 3 rings (SSSR count). The molecule has 0 bridgehead atoms. The number of hydrogen-bond acceptors (Lipinski definition) is 3. The van der Waals surface area contributed by atoms with E-state index >= 15 is 0 Å². The van der Waals surface area contributed by atoms with Gasteiger partial charge in [0.1, 0.15) is 12.4 Å². The maximum absolute atomic E-state index is 10.9. The van der Waals surface area contributed by atoms with Crippen LogP contribution in [0.3, 0.4) is 0 Å². The fourth-order valence-corrected chi connectivity index (χ4v) is 1.94. The zero-order valence-electron chi connectivity index (χ0n) is 8.51. The van der Waals surface area contributed by atoms with Crippen molar-refractivity contribution in [3.8, 4) is 17.0 Å². The monoisotopic (exact) mass is 211 g/mol. The number of nitrogens with zero attached hydrogens (tertiary/aromatic N) is 1. The predicted octanol–water partition coefficient (Wildman–Crippen LogP) is 2.45. The van der Waals surface area contributed by atoms with Gasteiger partial charge in [-0.05, 0) is 18.2 Å². The SMILES string of the molecule is O=Cc1cccc2c1OCc1cccnc1-2. The first-order valence-corrected chi connectivity index (χ1v) is 5.05. The van der Waals surface area contributed by atoms with Crippen molar-refractivity contribution in [3.63, 3.8) is 0 Å². The Balaban J connectivity index is 2.29. The summed E-state index contributed by atoms with van der Waals surface area (Å²) < 4.78 is 5.60. The van der Waals surface area contributed by atoms with Gasteiger partial charge in [0, 0.05) is 17.3 Å². The van der Waals surface area contributed by atoms with Crippen molar-refractivity contribution in [2.24, 2.45) is 0 Å². The predicted molar refractivity (Wildman–Crippen MR) is 59.4 cm³/mol. The number of rotatable bonds is 1. The van der Waals surface area contributed by atoms with Gasteiger partial charge in [0.15, 0.2) is 6.29 Å². The summed E-state index contributed by atoms with van der Waals surface area (Å²) in [4.78, 5) is 15.2. The van der Waals surface area contributed by atoms with E-state index in [4.69, 9.17) is 4.74 Å². The van der Waals surface area contributed by atoms with Gasteiger partial charge in [-0.25, -0.2) is 0 Å². The van der Waals surface area contributed by atoms with Crippen LogP contribution < -0.4 is 4.74 Å². The van der Waals surface area contributed by atoms with Gasteiger partial charge in [-0.3, -0.25) is 9.78 Å². The lowest BCUT2D eigenvalue weighted by Crippen LogP contribution is -2.08. The van der Waals surface area contributed by atoms with Crippen LogP contribution >= 0.6 is 0 Å². The molecule has 0 saturated carbocycles. The summed E-state index contributed by atoms with van der Waals surface area (Å²) in [5.74, 6) is 0.642. The minimum atomic E-state index is 0.473. The average molecular weight is 211 g/mol. The molecule has 0 saturated heterocycles. The van der Waals surface area contributed by atoms with E-state index in [1.807, 2.05) is 24.3 Å². The van der Waals surface area contributed by atoms with Crippen LogP contribution in [0.4, 0.5) is 0 Å². The molecule has 0 atom stereocenters. The number of benzene rings is 1. The number of ether oxygens (including phenoxy) is 1. The quantitative estimate of drug-likeness (QED) is 0.680. The Labute approximate surface area is 92.7 Å². The molecule has 78 valence electrons. The molecule has 0 aliphatic carbocycles. The number of aromatic nitrogens is 1. The van der Waals surface area contributed by atoms with E-state index in [2.05, 4.69) is 4.98 Å². The van der Waals surface area contributed by atoms with E-state index in [9.17, 15) is 4.79 Å². The zero-order chi connectivity index (χ0) is 11.0. The van der Waals surface area contributed by atoms with E-state index in [1.54, 1.807) is 12.3 Å². The van der Waals surface area contributed by atoms with E-state index in [-0.39, 0.29) is 0 Å². The second-order valence-corrected chi connectivity index (χ2v) is 3.64. The van der Waals surface area contributed by atoms with Gasteiger partial charge < -0.3 is 4.74 Å². The van der Waals surface area contributed by atoms with Crippen molar-refractivity contribution in [2.45, 2.75) is 6.61 Å². The van der Waals surface area contributed by atoms with Gasteiger partial charge in [-0.2, -0.15) is 0 Å². The molecule has 0 amide bonds. The number of para-hydroxylation sites is 1. The van der Waals surface area contributed by atoms with Crippen molar-refractivity contribution in [1.82, 2.24) is 4.98 Å². The molecule has 2 aromatic rings. The summed E-state index contributed by atoms with van der Waals surface area (Å²) in [6.07, 6.45) is 2.56. The van der Waals surface area contributed by atoms with Crippen molar-refractivity contribution in [2.75, 3.05) is 0 Å². The molecular weight excluding hydrogens is 202 g/mol. The van der Waals surface area contributed by atoms with Gasteiger partial charge in [0.05, 0.1) is 11.3 Å². The Morgan fingerprint density at radius 3 is 3.06 bits per heavy atom. The molecule has 1 aromatic heterocycles. The summed E-state index contributed by atoms with van der Waals surface area (Å²) in [7, 11) is 0. The standard InChI is InChI=1S/C13H9NO2/c15-7-9-3-1-5-11-12-10(4-2-6-14-12)8-16-13(9)11/h1-7H,8H2. The first-order valence-electron chi connectivity index (χ1n) is 5.05. The summed E-state index contributed by atoms with van der Waals surface area (Å²) in [5, 5.41) is 0. The Bertz CT molecular complexity index is 564. The molecule has 1 aliphatic heterocycles. The smallest absolute Gasteiger partial charge is 0.153 e. The second-order valence-electron chi connectivity index (χ2n) is 3.64. The van der Waals surface area contributed by atoms with Gasteiger partial charge in [-0.1, -0.05) is 12.1 Å². The van der Waals surface area contributed by atoms with Crippen LogP contribution in [0.2, 0.25) is 0 Å². The highest BCUT2D eigenvalue weighted by molar-refractivity contribution is 5.86. The van der Waals surface area contributed by atoms with Gasteiger partial charge in [0.25, 0.3) is 0 Å². The van der Waals surface area contributed by atoms with Gasteiger partial charge in [0.2, 0.25) is 0 Å². The maximum Gasteiger partial charge on any atom is 0.153 e. The lowest BCUT2D eigenvalue weighted by molar-refractivity contribution is 0.111. The highest BCUT2D eigenvalue weighted by atomic mass is 16.5. The Hall–Kier alpha value is -2.16. The molecule has 3 heteroatoms. The fourth-order valence-electron chi connectivity index (χ4n) is 1.94. The zero-order valence-corrected chi connectivity index (χ0v) is 8.51. The normalized spacial score (nSPS) is 12.2. The number of carbonyl (C=O) groups is 1. The minimum absolute atomic E-state index is 0.473. The number of fused-ring (bicyclic) bond motifs is 3. The lowest BCUT2D eigenvalue weighted by atomic mass is 10.0. The molecule has 0 fully saturated rings. The largest absolute Gasteiger partial charge is 0.487 e. The van der Waals surface area contributed by atoms with Crippen molar-refractivity contribution in [3.05, 3.63) is 47.7 Å². The van der Waals surface area contributed by atoms with Crippen LogP contribution in [0.5, 0.6) is 5.75 Å². The van der Waals surface area contributed by atoms with Crippen LogP contribution in [0.25, 0.3) is 11.3 Å². The third-order valence-electron chi connectivity index (χ3n) is 2.69. The van der Waals surface area contributed by atoms with Crippen LogP contribution in [-0.2, 0) is 6.61 Å². The van der Waals surface area contributed by atoms with Crippen LogP contribution in [0.1, 0.15) is 15.9 Å². The van der Waals surface area contributed by atoms with E-state index in [0.717, 1.165) is 23.1 Å². The highest BCUT2D eigenvalue weighted by Crippen LogP contribution is 2.37. The second kappa shape index (κ2) is 3.45. The maximum atomic E-state index is 10.9. The molecule has 0 spiro atoms. The van der Waals surface area contributed by atoms with Crippen molar-refractivity contribution in [1.29, 1.82) is 0 Å². The fraction of sp³-hybridized carbons (Fsp3) is 0.0769. The third kappa shape index (κ3) is 1.21. The molecule has 2 heterocycles. The molecule has 0 radical (unpaired) electrons. The summed E-state index contributed by atoms with van der Waals surface area (Å²) in [6, 6.07) is 9.39. The van der Waals surface area contributed by atoms with E-state index in [0.29, 0.717) is 17.9 Å². The Morgan fingerprint density at radius 2 is 2.19 bits per heavy atom. The average Bonchev–Trinajstić information content (AvgIpc) is 2.37. The van der Waals surface area contributed by atoms with Crippen molar-refractivity contribution >= 4 is 6.29 Å². The number of hydrogen-bond donors (Lipinski definition) is 0. The summed E-state index contributed by atoms with van der Waals surface area (Å²) >= 11 is 0. The van der Waals surface area contributed by atoms with Crippen molar-refractivity contribution < 1.29 is 9.53 Å². The van der Waals surface area contributed by atoms with E-state index in [1.165, 1.54) is 0 Å². The molecule has 3 nitrogen and oxygen atoms in total.